The number of rotatable bonds is 0. The molecule has 3 nitrogen and oxygen atoms in total. The largest absolute Gasteiger partial charge is 0.438 e. The molecule has 6 rings (SSSR count). The predicted octanol–water partition coefficient (Wildman–Crippen LogP) is 6.14. The molecule has 0 aliphatic carbocycles. The lowest BCUT2D eigenvalue weighted by molar-refractivity contribution is 0.653. The summed E-state index contributed by atoms with van der Waals surface area (Å²) in [7, 11) is 0. The molecule has 3 aromatic heterocycles. The highest BCUT2D eigenvalue weighted by Crippen LogP contribution is 2.41. The molecule has 122 valence electrons. The quantitative estimate of drug-likeness (QED) is 0.312. The van der Waals surface area contributed by atoms with Crippen molar-refractivity contribution >= 4 is 54.5 Å². The summed E-state index contributed by atoms with van der Waals surface area (Å²) < 4.78 is 28.9. The third kappa shape index (κ3) is 1.67. The van der Waals surface area contributed by atoms with Crippen LogP contribution in [0.2, 0.25) is 0 Å². The molecule has 0 fully saturated rings. The number of pyridine rings is 2. The average molecular weight is 337 g/mol. The third-order valence-corrected chi connectivity index (χ3v) is 5.05. The van der Waals surface area contributed by atoms with Gasteiger partial charge in [-0.15, -0.1) is 0 Å². The highest BCUT2D eigenvalue weighted by atomic mass is 16.3. The maximum absolute atomic E-state index is 7.63. The summed E-state index contributed by atoms with van der Waals surface area (Å²) in [5.74, 6) is 0. The van der Waals surface area contributed by atoms with Gasteiger partial charge in [0.15, 0.2) is 0 Å². The van der Waals surface area contributed by atoms with Crippen molar-refractivity contribution in [1.82, 2.24) is 9.97 Å². The van der Waals surface area contributed by atoms with Crippen molar-refractivity contribution in [3.8, 4) is 0 Å². The highest BCUT2D eigenvalue weighted by molar-refractivity contribution is 6.33. The van der Waals surface area contributed by atoms with Gasteiger partial charge in [-0.25, -0.2) is 4.98 Å². The van der Waals surface area contributed by atoms with Crippen LogP contribution in [0.4, 0.5) is 0 Å². The van der Waals surface area contributed by atoms with E-state index in [0.717, 1.165) is 43.2 Å². The van der Waals surface area contributed by atoms with Gasteiger partial charge in [-0.1, -0.05) is 30.3 Å². The van der Waals surface area contributed by atoms with Gasteiger partial charge in [0.05, 0.1) is 5.52 Å². The lowest BCUT2D eigenvalue weighted by atomic mass is 9.94. The normalized spacial score (nSPS) is 14.2. The monoisotopic (exact) mass is 337 g/mol. The Bertz CT molecular complexity index is 1560. The van der Waals surface area contributed by atoms with Crippen LogP contribution in [0.1, 0.15) is 9.81 Å². The van der Waals surface area contributed by atoms with Crippen molar-refractivity contribution in [1.29, 1.82) is 0 Å². The van der Waals surface area contributed by atoms with Crippen LogP contribution in [0.15, 0.2) is 71.3 Å². The molecule has 0 saturated heterocycles. The molecule has 0 unspecified atom stereocenters. The molecule has 26 heavy (non-hydrogen) atoms. The number of nitrogens with zero attached hydrogens (tertiary/aromatic N) is 2. The summed E-state index contributed by atoms with van der Waals surface area (Å²) in [6, 6.07) is 19.6. The van der Waals surface area contributed by atoms with E-state index >= 15 is 0 Å². The summed E-state index contributed by atoms with van der Waals surface area (Å²) in [5, 5.41) is 7.16. The topological polar surface area (TPSA) is 38.9 Å². The van der Waals surface area contributed by atoms with Gasteiger partial charge in [0, 0.05) is 42.9 Å². The minimum Gasteiger partial charge on any atom is -0.438 e. The van der Waals surface area contributed by atoms with E-state index in [9.17, 15) is 0 Å². The van der Waals surface area contributed by atoms with Crippen molar-refractivity contribution in [3.05, 3.63) is 72.6 Å². The van der Waals surface area contributed by atoms with Crippen LogP contribution in [0.3, 0.4) is 0 Å². The van der Waals surface area contributed by atoms with E-state index < -0.39 is 6.85 Å². The van der Waals surface area contributed by atoms with Gasteiger partial charge in [0.2, 0.25) is 5.71 Å². The van der Waals surface area contributed by atoms with Crippen molar-refractivity contribution < 1.29 is 8.53 Å². The summed E-state index contributed by atoms with van der Waals surface area (Å²) in [6.07, 6.45) is 1.80. The smallest absolute Gasteiger partial charge is 0.227 e. The third-order valence-electron chi connectivity index (χ3n) is 5.05. The second-order valence-corrected chi connectivity index (χ2v) is 6.46. The molecular weight excluding hydrogens is 320 g/mol. The summed E-state index contributed by atoms with van der Waals surface area (Å²) in [5.41, 5.74) is 1.99. The van der Waals surface area contributed by atoms with Crippen LogP contribution < -0.4 is 0 Å². The first-order valence-electron chi connectivity index (χ1n) is 9.94. The first-order chi connectivity index (χ1) is 14.0. The minimum atomic E-state index is -2.28. The maximum Gasteiger partial charge on any atom is 0.227 e. The molecule has 0 spiro atoms. The van der Waals surface area contributed by atoms with Crippen LogP contribution >= 0.6 is 0 Å². The van der Waals surface area contributed by atoms with E-state index in [2.05, 4.69) is 28.2 Å². The molecule has 0 atom stereocenters. The van der Waals surface area contributed by atoms with Crippen LogP contribution in [-0.4, -0.2) is 9.97 Å². The first-order valence-corrected chi connectivity index (χ1v) is 8.44. The fourth-order valence-electron chi connectivity index (χ4n) is 4.00. The minimum absolute atomic E-state index is 0.0327. The fraction of sp³-hybridized carbons (Fsp3) is 0.0435. The van der Waals surface area contributed by atoms with Crippen molar-refractivity contribution in [3.63, 3.8) is 0 Å². The SMILES string of the molecule is [2H]C([2H])([2H])c1ccc2c(n1)oc1ccc3c4ncccc4c4ccccc4c3c12. The van der Waals surface area contributed by atoms with Gasteiger partial charge < -0.3 is 4.42 Å². The van der Waals surface area contributed by atoms with Crippen molar-refractivity contribution in [2.24, 2.45) is 0 Å². The van der Waals surface area contributed by atoms with E-state index in [-0.39, 0.29) is 5.69 Å². The van der Waals surface area contributed by atoms with Gasteiger partial charge in [0.1, 0.15) is 5.58 Å². The second-order valence-electron chi connectivity index (χ2n) is 6.46. The second kappa shape index (κ2) is 4.79. The molecule has 3 heteroatoms. The molecule has 0 saturated carbocycles. The Balaban J connectivity index is 1.89. The Morgan fingerprint density at radius 2 is 1.62 bits per heavy atom. The van der Waals surface area contributed by atoms with Gasteiger partial charge in [0.25, 0.3) is 0 Å². The number of fused-ring (bicyclic) bond motifs is 10. The van der Waals surface area contributed by atoms with Crippen LogP contribution in [0.5, 0.6) is 0 Å². The first kappa shape index (κ1) is 11.2. The summed E-state index contributed by atoms with van der Waals surface area (Å²) in [6.45, 7) is -2.28. The number of hydrogen-bond acceptors (Lipinski definition) is 3. The van der Waals surface area contributed by atoms with Crippen LogP contribution in [0.25, 0.3) is 54.5 Å². The number of aromatic nitrogens is 2. The molecule has 0 bridgehead atoms. The Kier molecular flexibility index (Phi) is 2.07. The van der Waals surface area contributed by atoms with Crippen molar-refractivity contribution in [2.45, 2.75) is 6.85 Å². The molecule has 3 aromatic carbocycles. The van der Waals surface area contributed by atoms with Gasteiger partial charge in [-0.2, -0.15) is 0 Å². The molecule has 0 N–H and O–H groups in total. The fourth-order valence-corrected chi connectivity index (χ4v) is 4.00. The van der Waals surface area contributed by atoms with E-state index in [4.69, 9.17) is 8.53 Å². The van der Waals surface area contributed by atoms with Crippen LogP contribution in [-0.2, 0) is 0 Å². The van der Waals surface area contributed by atoms with Gasteiger partial charge in [-0.3, -0.25) is 4.98 Å². The molecular formula is C23H14N2O. The molecule has 3 heterocycles. The van der Waals surface area contributed by atoms with Crippen LogP contribution in [0, 0.1) is 6.85 Å². The zero-order valence-corrected chi connectivity index (χ0v) is 13.7. The Hall–Kier alpha value is -3.46. The molecule has 6 aromatic rings. The van der Waals surface area contributed by atoms with E-state index in [0.29, 0.717) is 11.3 Å². The van der Waals surface area contributed by atoms with E-state index in [1.807, 2.05) is 30.3 Å². The summed E-state index contributed by atoms with van der Waals surface area (Å²) in [4.78, 5) is 8.94. The van der Waals surface area contributed by atoms with Gasteiger partial charge in [-0.05, 0) is 48.0 Å². The molecule has 0 aliphatic heterocycles. The van der Waals surface area contributed by atoms with E-state index in [1.54, 1.807) is 18.3 Å². The number of hydrogen-bond donors (Lipinski definition) is 0. The lowest BCUT2D eigenvalue weighted by Gasteiger charge is -2.10. The standard InChI is InChI=1S/C23H14N2O/c1-13-8-9-18-21-19(26-23(18)25-13)11-10-17-20(21)15-6-3-2-5-14(15)16-7-4-12-24-22(16)17/h2-12H,1H3/i1D3. The molecule has 0 radical (unpaired) electrons. The lowest BCUT2D eigenvalue weighted by Crippen LogP contribution is -1.86. The summed E-state index contributed by atoms with van der Waals surface area (Å²) >= 11 is 0. The van der Waals surface area contributed by atoms with Gasteiger partial charge >= 0.3 is 0 Å². The zero-order chi connectivity index (χ0) is 19.8. The maximum atomic E-state index is 7.63. The Labute approximate surface area is 153 Å². The Morgan fingerprint density at radius 3 is 2.54 bits per heavy atom. The zero-order valence-electron chi connectivity index (χ0n) is 16.7. The number of benzene rings is 3. The average Bonchev–Trinajstić information content (AvgIpc) is 3.11. The predicted molar refractivity (Wildman–Crippen MR) is 107 cm³/mol. The Morgan fingerprint density at radius 1 is 0.769 bits per heavy atom. The highest BCUT2D eigenvalue weighted by Gasteiger charge is 2.16. The molecule has 0 amide bonds. The number of aryl methyl sites for hydroxylation is 1. The van der Waals surface area contributed by atoms with Crippen molar-refractivity contribution in [2.75, 3.05) is 0 Å². The van der Waals surface area contributed by atoms with E-state index in [1.165, 1.54) is 0 Å². The number of furan rings is 1. The molecule has 0 aliphatic rings.